The number of nitrogens with one attached hydrogen (secondary N) is 1. The molecule has 4 heteroatoms. The first-order valence-corrected chi connectivity index (χ1v) is 6.42. The van der Waals surface area contributed by atoms with Crippen LogP contribution in [0, 0.1) is 12.3 Å². The van der Waals surface area contributed by atoms with Crippen LogP contribution in [0.4, 0.5) is 0 Å². The minimum absolute atomic E-state index is 0.141. The Bertz CT molecular complexity index is 378. The molecule has 0 radical (unpaired) electrons. The molecule has 0 aromatic carbocycles. The van der Waals surface area contributed by atoms with Gasteiger partial charge in [0.15, 0.2) is 0 Å². The molecule has 0 saturated carbocycles. The summed E-state index contributed by atoms with van der Waals surface area (Å²) in [5.74, 6) is 0.237. The van der Waals surface area contributed by atoms with E-state index in [1.807, 2.05) is 6.92 Å². The molecule has 0 spiro atoms. The van der Waals surface area contributed by atoms with Crippen LogP contribution < -0.4 is 5.32 Å². The lowest BCUT2D eigenvalue weighted by Crippen LogP contribution is -2.29. The molecule has 1 rings (SSSR count). The van der Waals surface area contributed by atoms with Gasteiger partial charge in [-0.1, -0.05) is 13.8 Å². The van der Waals surface area contributed by atoms with E-state index in [1.165, 1.54) is 0 Å². The predicted octanol–water partition coefficient (Wildman–Crippen LogP) is 1.98. The zero-order valence-corrected chi connectivity index (χ0v) is 11.5. The topological polar surface area (TPSA) is 65.4 Å². The Morgan fingerprint density at radius 1 is 1.33 bits per heavy atom. The molecule has 0 saturated heterocycles. The molecule has 3 N–H and O–H groups in total. The highest BCUT2D eigenvalue weighted by molar-refractivity contribution is 5.27. The quantitative estimate of drug-likeness (QED) is 0.694. The molecule has 0 fully saturated rings. The van der Waals surface area contributed by atoms with Gasteiger partial charge in [-0.2, -0.15) is 0 Å². The van der Waals surface area contributed by atoms with Crippen molar-refractivity contribution in [2.75, 3.05) is 13.2 Å². The van der Waals surface area contributed by atoms with Gasteiger partial charge in [-0.15, -0.1) is 0 Å². The molecule has 0 bridgehead atoms. The van der Waals surface area contributed by atoms with Crippen LogP contribution in [0.3, 0.4) is 0 Å². The lowest BCUT2D eigenvalue weighted by molar-refractivity contribution is 0.236. The summed E-state index contributed by atoms with van der Waals surface area (Å²) in [6, 6.07) is 3.47. The molecule has 4 nitrogen and oxygen atoms in total. The van der Waals surface area contributed by atoms with Gasteiger partial charge >= 0.3 is 0 Å². The largest absolute Gasteiger partial charge is 0.506 e. The second-order valence-corrected chi connectivity index (χ2v) is 5.51. The van der Waals surface area contributed by atoms with Crippen molar-refractivity contribution in [2.24, 2.45) is 5.41 Å². The van der Waals surface area contributed by atoms with Crippen LogP contribution in [0.5, 0.6) is 5.75 Å². The van der Waals surface area contributed by atoms with E-state index in [4.69, 9.17) is 5.11 Å². The second-order valence-electron chi connectivity index (χ2n) is 5.51. The third-order valence-corrected chi connectivity index (χ3v) is 3.00. The van der Waals surface area contributed by atoms with E-state index in [9.17, 15) is 5.11 Å². The van der Waals surface area contributed by atoms with Crippen molar-refractivity contribution in [1.82, 2.24) is 10.3 Å². The van der Waals surface area contributed by atoms with Crippen molar-refractivity contribution in [3.63, 3.8) is 0 Å². The summed E-state index contributed by atoms with van der Waals surface area (Å²) in [5.41, 5.74) is 1.74. The molecule has 1 heterocycles. The minimum atomic E-state index is 0.141. The van der Waals surface area contributed by atoms with Crippen molar-refractivity contribution in [3.8, 4) is 5.75 Å². The number of hydrogen-bond acceptors (Lipinski definition) is 4. The Hall–Kier alpha value is -1.13. The van der Waals surface area contributed by atoms with Gasteiger partial charge in [0.2, 0.25) is 0 Å². The maximum atomic E-state index is 9.67. The average Bonchev–Trinajstić information content (AvgIpc) is 2.31. The number of aliphatic hydroxyl groups is 1. The molecule has 18 heavy (non-hydrogen) atoms. The number of rotatable bonds is 7. The molecule has 1 aromatic rings. The number of aromatic nitrogens is 1. The molecule has 0 unspecified atom stereocenters. The van der Waals surface area contributed by atoms with Crippen molar-refractivity contribution in [3.05, 3.63) is 23.5 Å². The third-order valence-electron chi connectivity index (χ3n) is 3.00. The number of aryl methyl sites for hydroxylation is 1. The summed E-state index contributed by atoms with van der Waals surface area (Å²) < 4.78 is 0. The summed E-state index contributed by atoms with van der Waals surface area (Å²) in [4.78, 5) is 4.30. The van der Waals surface area contributed by atoms with Gasteiger partial charge in [-0.25, -0.2) is 0 Å². The average molecular weight is 252 g/mol. The van der Waals surface area contributed by atoms with Crippen molar-refractivity contribution >= 4 is 0 Å². The van der Waals surface area contributed by atoms with Gasteiger partial charge in [-0.05, 0) is 37.3 Å². The normalized spacial score (nSPS) is 11.8. The summed E-state index contributed by atoms with van der Waals surface area (Å²) in [6.45, 7) is 7.88. The Labute approximate surface area is 109 Å². The molecule has 0 aliphatic rings. The van der Waals surface area contributed by atoms with Crippen molar-refractivity contribution in [1.29, 1.82) is 0 Å². The zero-order valence-electron chi connectivity index (χ0n) is 11.5. The standard InChI is InChI=1S/C14H24N2O2/c1-11-5-6-13(18)12(16-11)9-15-10-14(2,3)7-4-8-17/h5-6,15,17-18H,4,7-10H2,1-3H3. The molecule has 0 atom stereocenters. The Morgan fingerprint density at radius 2 is 2.06 bits per heavy atom. The Balaban J connectivity index is 2.43. The van der Waals surface area contributed by atoms with E-state index in [1.54, 1.807) is 12.1 Å². The monoisotopic (exact) mass is 252 g/mol. The first kappa shape index (κ1) is 14.9. The molecule has 102 valence electrons. The van der Waals surface area contributed by atoms with E-state index in [-0.39, 0.29) is 17.8 Å². The van der Waals surface area contributed by atoms with E-state index >= 15 is 0 Å². The lowest BCUT2D eigenvalue weighted by Gasteiger charge is -2.24. The van der Waals surface area contributed by atoms with Crippen LogP contribution in [0.15, 0.2) is 12.1 Å². The minimum Gasteiger partial charge on any atom is -0.506 e. The Morgan fingerprint density at radius 3 is 2.72 bits per heavy atom. The van der Waals surface area contributed by atoms with Crippen LogP contribution in [-0.2, 0) is 6.54 Å². The molecule has 1 aromatic heterocycles. The molecule has 0 aliphatic carbocycles. The maximum absolute atomic E-state index is 9.67. The molecule has 0 aliphatic heterocycles. The Kier molecular flexibility index (Phi) is 5.56. The fourth-order valence-corrected chi connectivity index (χ4v) is 1.90. The third kappa shape index (κ3) is 5.02. The van der Waals surface area contributed by atoms with E-state index in [0.29, 0.717) is 12.2 Å². The fraction of sp³-hybridized carbons (Fsp3) is 0.643. The molecular weight excluding hydrogens is 228 g/mol. The van der Waals surface area contributed by atoms with Crippen molar-refractivity contribution in [2.45, 2.75) is 40.2 Å². The summed E-state index contributed by atoms with van der Waals surface area (Å²) in [6.07, 6.45) is 1.80. The van der Waals surface area contributed by atoms with Crippen LogP contribution in [0.25, 0.3) is 0 Å². The molecule has 0 amide bonds. The van der Waals surface area contributed by atoms with Crippen LogP contribution in [0.2, 0.25) is 0 Å². The van der Waals surface area contributed by atoms with Gasteiger partial charge < -0.3 is 15.5 Å². The summed E-state index contributed by atoms with van der Waals surface area (Å²) in [7, 11) is 0. The van der Waals surface area contributed by atoms with Gasteiger partial charge in [-0.3, -0.25) is 4.98 Å². The summed E-state index contributed by atoms with van der Waals surface area (Å²) in [5, 5.41) is 21.8. The first-order valence-electron chi connectivity index (χ1n) is 6.42. The highest BCUT2D eigenvalue weighted by atomic mass is 16.3. The van der Waals surface area contributed by atoms with Gasteiger partial charge in [0.05, 0.1) is 5.69 Å². The van der Waals surface area contributed by atoms with Crippen LogP contribution >= 0.6 is 0 Å². The highest BCUT2D eigenvalue weighted by Gasteiger charge is 2.16. The van der Waals surface area contributed by atoms with Gasteiger partial charge in [0.1, 0.15) is 5.75 Å². The van der Waals surface area contributed by atoms with Crippen LogP contribution in [-0.4, -0.2) is 28.3 Å². The number of aliphatic hydroxyl groups excluding tert-OH is 1. The van der Waals surface area contributed by atoms with E-state index < -0.39 is 0 Å². The summed E-state index contributed by atoms with van der Waals surface area (Å²) >= 11 is 0. The maximum Gasteiger partial charge on any atom is 0.138 e. The fourth-order valence-electron chi connectivity index (χ4n) is 1.90. The predicted molar refractivity (Wildman–Crippen MR) is 72.4 cm³/mol. The van der Waals surface area contributed by atoms with Crippen LogP contribution in [0.1, 0.15) is 38.1 Å². The van der Waals surface area contributed by atoms with Gasteiger partial charge in [0.25, 0.3) is 0 Å². The number of pyridine rings is 1. The second kappa shape index (κ2) is 6.71. The highest BCUT2D eigenvalue weighted by Crippen LogP contribution is 2.21. The SMILES string of the molecule is Cc1ccc(O)c(CNCC(C)(C)CCCO)n1. The zero-order chi connectivity index (χ0) is 13.6. The first-order chi connectivity index (χ1) is 8.44. The van der Waals surface area contributed by atoms with E-state index in [0.717, 1.165) is 25.1 Å². The number of nitrogens with zero attached hydrogens (tertiary/aromatic N) is 1. The van der Waals surface area contributed by atoms with E-state index in [2.05, 4.69) is 24.1 Å². The smallest absolute Gasteiger partial charge is 0.138 e. The number of hydrogen-bond donors (Lipinski definition) is 3. The lowest BCUT2D eigenvalue weighted by atomic mass is 9.88. The number of aromatic hydroxyl groups is 1. The molecular formula is C14H24N2O2. The van der Waals surface area contributed by atoms with Gasteiger partial charge in [0, 0.05) is 25.4 Å². The van der Waals surface area contributed by atoms with Crippen molar-refractivity contribution < 1.29 is 10.2 Å².